The van der Waals surface area contributed by atoms with Crippen molar-refractivity contribution in [1.29, 1.82) is 0 Å². The Labute approximate surface area is 92.0 Å². The third-order valence-corrected chi connectivity index (χ3v) is 3.36. The molecule has 5 heteroatoms. The average molecular weight is 224 g/mol. The van der Waals surface area contributed by atoms with E-state index in [4.69, 9.17) is 4.74 Å². The number of hydrogen-bond acceptors (Lipinski definition) is 5. The molecule has 0 amide bonds. The summed E-state index contributed by atoms with van der Waals surface area (Å²) in [6.07, 6.45) is -0.257. The van der Waals surface area contributed by atoms with Crippen LogP contribution >= 0.6 is 0 Å². The number of carbonyl (C=O) groups is 2. The third-order valence-electron chi connectivity index (χ3n) is 3.36. The molecular formula is C11H12O5. The summed E-state index contributed by atoms with van der Waals surface area (Å²) in [5, 5.41) is 19.8. The first-order chi connectivity index (χ1) is 7.42. The fourth-order valence-electron chi connectivity index (χ4n) is 2.31. The molecule has 0 aromatic carbocycles. The summed E-state index contributed by atoms with van der Waals surface area (Å²) in [5.74, 6) is -2.03. The molecule has 1 fully saturated rings. The van der Waals surface area contributed by atoms with Gasteiger partial charge in [0.05, 0.1) is 0 Å². The van der Waals surface area contributed by atoms with Gasteiger partial charge in [0.2, 0.25) is 0 Å². The Morgan fingerprint density at radius 3 is 2.50 bits per heavy atom. The number of allylic oxidation sites excluding steroid dienone is 1. The fraction of sp³-hybridized carbons (Fsp3) is 0.455. The maximum absolute atomic E-state index is 11.7. The molecule has 0 radical (unpaired) electrons. The van der Waals surface area contributed by atoms with Crippen LogP contribution in [-0.4, -0.2) is 34.2 Å². The van der Waals surface area contributed by atoms with Gasteiger partial charge in [-0.1, -0.05) is 19.6 Å². The van der Waals surface area contributed by atoms with Crippen LogP contribution in [-0.2, 0) is 14.3 Å². The Kier molecular flexibility index (Phi) is 2.25. The number of ether oxygens (including phenoxy) is 1. The van der Waals surface area contributed by atoms with E-state index in [-0.39, 0.29) is 5.76 Å². The number of rotatable bonds is 0. The zero-order valence-corrected chi connectivity index (χ0v) is 8.71. The predicted octanol–water partition coefficient (Wildman–Crippen LogP) is -0.460. The van der Waals surface area contributed by atoms with Crippen molar-refractivity contribution in [1.82, 2.24) is 0 Å². The van der Waals surface area contributed by atoms with Gasteiger partial charge in [-0.25, -0.2) is 0 Å². The van der Waals surface area contributed by atoms with Gasteiger partial charge in [-0.05, 0) is 12.0 Å². The van der Waals surface area contributed by atoms with Crippen molar-refractivity contribution < 1.29 is 24.5 Å². The summed E-state index contributed by atoms with van der Waals surface area (Å²) in [6.45, 7) is 5.02. The molecule has 0 aromatic rings. The number of esters is 1. The van der Waals surface area contributed by atoms with E-state index < -0.39 is 35.3 Å². The number of aliphatic hydroxyl groups is 2. The molecule has 1 aliphatic heterocycles. The Balaban J connectivity index is 2.58. The highest BCUT2D eigenvalue weighted by Gasteiger charge is 2.64. The van der Waals surface area contributed by atoms with E-state index in [1.54, 1.807) is 6.92 Å². The molecule has 1 aliphatic carbocycles. The predicted molar refractivity (Wildman–Crippen MR) is 53.0 cm³/mol. The van der Waals surface area contributed by atoms with Crippen LogP contribution in [0, 0.1) is 11.3 Å². The molecular weight excluding hydrogens is 212 g/mol. The maximum atomic E-state index is 11.7. The van der Waals surface area contributed by atoms with Crippen molar-refractivity contribution in [2.24, 2.45) is 11.3 Å². The van der Waals surface area contributed by atoms with E-state index in [1.807, 2.05) is 0 Å². The van der Waals surface area contributed by atoms with Crippen LogP contribution < -0.4 is 0 Å². The van der Waals surface area contributed by atoms with Gasteiger partial charge in [0, 0.05) is 0 Å². The number of hydrogen-bond donors (Lipinski definition) is 2. The van der Waals surface area contributed by atoms with E-state index in [0.29, 0.717) is 0 Å². The molecule has 0 saturated carbocycles. The normalized spacial score (nSPS) is 42.9. The SMILES string of the molecule is C=C1OC(=O)C2([C@H](C)C=CC(=O)[C@@H]2O)[C@@H]1O. The van der Waals surface area contributed by atoms with Crippen molar-refractivity contribution in [2.45, 2.75) is 19.1 Å². The Hall–Kier alpha value is -1.46. The second kappa shape index (κ2) is 3.26. The highest BCUT2D eigenvalue weighted by atomic mass is 16.6. The van der Waals surface area contributed by atoms with E-state index in [1.165, 1.54) is 12.2 Å². The number of aliphatic hydroxyl groups excluding tert-OH is 2. The molecule has 0 bridgehead atoms. The number of cyclic esters (lactones) is 1. The van der Waals surface area contributed by atoms with Gasteiger partial charge in [-0.15, -0.1) is 0 Å². The highest BCUT2D eigenvalue weighted by Crippen LogP contribution is 2.47. The van der Waals surface area contributed by atoms with Crippen molar-refractivity contribution in [3.05, 3.63) is 24.5 Å². The van der Waals surface area contributed by atoms with Crippen LogP contribution in [0.3, 0.4) is 0 Å². The van der Waals surface area contributed by atoms with Gasteiger partial charge in [0.25, 0.3) is 0 Å². The van der Waals surface area contributed by atoms with Crippen molar-refractivity contribution >= 4 is 11.8 Å². The van der Waals surface area contributed by atoms with Crippen LogP contribution in [0.4, 0.5) is 0 Å². The first kappa shape index (κ1) is 11.0. The molecule has 1 unspecified atom stereocenters. The fourth-order valence-corrected chi connectivity index (χ4v) is 2.31. The minimum atomic E-state index is -1.64. The van der Waals surface area contributed by atoms with E-state index in [0.717, 1.165) is 0 Å². The molecule has 86 valence electrons. The summed E-state index contributed by atoms with van der Waals surface area (Å²) < 4.78 is 4.73. The van der Waals surface area contributed by atoms with Crippen LogP contribution in [0.15, 0.2) is 24.5 Å². The van der Waals surface area contributed by atoms with Gasteiger partial charge >= 0.3 is 5.97 Å². The molecule has 5 nitrogen and oxygen atoms in total. The molecule has 4 atom stereocenters. The largest absolute Gasteiger partial charge is 0.428 e. The monoisotopic (exact) mass is 224 g/mol. The summed E-state index contributed by atoms with van der Waals surface area (Å²) in [7, 11) is 0. The Morgan fingerprint density at radius 1 is 1.38 bits per heavy atom. The second-order valence-corrected chi connectivity index (χ2v) is 4.14. The molecule has 2 aliphatic rings. The van der Waals surface area contributed by atoms with Crippen LogP contribution in [0.1, 0.15) is 6.92 Å². The van der Waals surface area contributed by atoms with E-state index in [2.05, 4.69) is 6.58 Å². The van der Waals surface area contributed by atoms with Crippen molar-refractivity contribution in [3.8, 4) is 0 Å². The van der Waals surface area contributed by atoms with Gasteiger partial charge < -0.3 is 14.9 Å². The summed E-state index contributed by atoms with van der Waals surface area (Å²) >= 11 is 0. The Bertz CT molecular complexity index is 411. The summed E-state index contributed by atoms with van der Waals surface area (Å²) in [5.41, 5.74) is -1.64. The number of ketones is 1. The van der Waals surface area contributed by atoms with Crippen LogP contribution in [0.25, 0.3) is 0 Å². The summed E-state index contributed by atoms with van der Waals surface area (Å²) in [6, 6.07) is 0. The van der Waals surface area contributed by atoms with Crippen molar-refractivity contribution in [3.63, 3.8) is 0 Å². The molecule has 1 heterocycles. The van der Waals surface area contributed by atoms with Gasteiger partial charge in [0.15, 0.2) is 5.78 Å². The Morgan fingerprint density at radius 2 is 2.00 bits per heavy atom. The minimum Gasteiger partial charge on any atom is -0.428 e. The first-order valence-corrected chi connectivity index (χ1v) is 4.91. The topological polar surface area (TPSA) is 83.8 Å². The lowest BCUT2D eigenvalue weighted by molar-refractivity contribution is -0.163. The minimum absolute atomic E-state index is 0.126. The van der Waals surface area contributed by atoms with Crippen LogP contribution in [0.5, 0.6) is 0 Å². The molecule has 1 saturated heterocycles. The average Bonchev–Trinajstić information content (AvgIpc) is 2.45. The second-order valence-electron chi connectivity index (χ2n) is 4.14. The molecule has 0 aromatic heterocycles. The van der Waals surface area contributed by atoms with E-state index >= 15 is 0 Å². The first-order valence-electron chi connectivity index (χ1n) is 4.91. The van der Waals surface area contributed by atoms with Gasteiger partial charge in [-0.3, -0.25) is 9.59 Å². The van der Waals surface area contributed by atoms with Crippen LogP contribution in [0.2, 0.25) is 0 Å². The molecule has 16 heavy (non-hydrogen) atoms. The lowest BCUT2D eigenvalue weighted by Crippen LogP contribution is -2.55. The third kappa shape index (κ3) is 1.07. The van der Waals surface area contributed by atoms with E-state index in [9.17, 15) is 19.8 Å². The quantitative estimate of drug-likeness (QED) is 0.544. The lowest BCUT2D eigenvalue weighted by Gasteiger charge is -2.37. The summed E-state index contributed by atoms with van der Waals surface area (Å²) in [4.78, 5) is 23.2. The van der Waals surface area contributed by atoms with Crippen molar-refractivity contribution in [2.75, 3.05) is 0 Å². The zero-order chi connectivity index (χ0) is 12.1. The molecule has 1 spiro atoms. The van der Waals surface area contributed by atoms with Gasteiger partial charge in [0.1, 0.15) is 23.4 Å². The van der Waals surface area contributed by atoms with Gasteiger partial charge in [-0.2, -0.15) is 0 Å². The molecule has 2 N–H and O–H groups in total. The maximum Gasteiger partial charge on any atom is 0.324 e. The zero-order valence-electron chi connectivity index (χ0n) is 8.71. The highest BCUT2D eigenvalue weighted by molar-refractivity contribution is 6.01. The lowest BCUT2D eigenvalue weighted by atomic mass is 9.65. The number of carbonyl (C=O) groups excluding carboxylic acids is 2. The smallest absolute Gasteiger partial charge is 0.324 e. The molecule has 2 rings (SSSR count). The standard InChI is InChI=1S/C11H12O5/c1-5-3-4-7(12)9(14)11(5)8(13)6(2)16-10(11)15/h3-5,8-9,13-14H,2H2,1H3/t5-,8-,9+,11?/m1/s1.